The van der Waals surface area contributed by atoms with Crippen molar-refractivity contribution in [3.63, 3.8) is 0 Å². The molecule has 20 heavy (non-hydrogen) atoms. The highest BCUT2D eigenvalue weighted by Gasteiger charge is 2.19. The van der Waals surface area contributed by atoms with E-state index in [0.29, 0.717) is 0 Å². The highest BCUT2D eigenvalue weighted by Crippen LogP contribution is 2.28. The van der Waals surface area contributed by atoms with Crippen LogP contribution in [0.3, 0.4) is 0 Å². The molecule has 1 rings (SSSR count). The molecule has 0 amide bonds. The summed E-state index contributed by atoms with van der Waals surface area (Å²) in [7, 11) is 1.34. The second kappa shape index (κ2) is 6.36. The second-order valence-electron chi connectivity index (χ2n) is 5.59. The zero-order valence-electron chi connectivity index (χ0n) is 12.1. The van der Waals surface area contributed by atoms with E-state index in [4.69, 9.17) is 9.47 Å². The average Bonchev–Trinajstić information content (AvgIpc) is 2.36. The SMILES string of the molecule is COc1ccc(C(=O)OCCC(C)(C)C)cc1[N+](=O)[O-]. The van der Waals surface area contributed by atoms with Crippen LogP contribution in [-0.4, -0.2) is 24.6 Å². The van der Waals surface area contributed by atoms with Crippen molar-refractivity contribution >= 4 is 11.7 Å². The number of benzene rings is 1. The van der Waals surface area contributed by atoms with Crippen molar-refractivity contribution in [2.45, 2.75) is 27.2 Å². The molecule has 0 spiro atoms. The Morgan fingerprint density at radius 1 is 1.35 bits per heavy atom. The molecule has 0 aliphatic heterocycles. The van der Waals surface area contributed by atoms with Crippen LogP contribution in [0.5, 0.6) is 5.75 Å². The number of carbonyl (C=O) groups is 1. The minimum Gasteiger partial charge on any atom is -0.490 e. The zero-order chi connectivity index (χ0) is 15.3. The van der Waals surface area contributed by atoms with E-state index in [0.717, 1.165) is 12.5 Å². The summed E-state index contributed by atoms with van der Waals surface area (Å²) in [6.07, 6.45) is 0.719. The maximum Gasteiger partial charge on any atom is 0.338 e. The van der Waals surface area contributed by atoms with Crippen LogP contribution in [0.25, 0.3) is 0 Å². The molecular weight excluding hydrogens is 262 g/mol. The molecule has 1 aromatic rings. The van der Waals surface area contributed by atoms with Crippen LogP contribution in [0.4, 0.5) is 5.69 Å². The van der Waals surface area contributed by atoms with Crippen LogP contribution in [-0.2, 0) is 4.74 Å². The van der Waals surface area contributed by atoms with Gasteiger partial charge in [-0.15, -0.1) is 0 Å². The Bertz CT molecular complexity index is 505. The third kappa shape index (κ3) is 4.53. The summed E-state index contributed by atoms with van der Waals surface area (Å²) in [6.45, 7) is 6.40. The number of rotatable bonds is 5. The summed E-state index contributed by atoms with van der Waals surface area (Å²) in [5.74, 6) is -0.457. The van der Waals surface area contributed by atoms with Crippen LogP contribution in [0, 0.1) is 15.5 Å². The molecule has 1 aromatic carbocycles. The van der Waals surface area contributed by atoms with Crippen molar-refractivity contribution in [2.75, 3.05) is 13.7 Å². The first-order valence-corrected chi connectivity index (χ1v) is 6.24. The summed E-state index contributed by atoms with van der Waals surface area (Å²) in [5, 5.41) is 10.9. The molecular formula is C14H19NO5. The Labute approximate surface area is 117 Å². The third-order valence-electron chi connectivity index (χ3n) is 2.70. The number of nitrogens with zero attached hydrogens (tertiary/aromatic N) is 1. The molecule has 0 unspecified atom stereocenters. The largest absolute Gasteiger partial charge is 0.490 e. The number of nitro groups is 1. The van der Waals surface area contributed by atoms with Crippen molar-refractivity contribution < 1.29 is 19.2 Å². The molecule has 0 heterocycles. The standard InChI is InChI=1S/C14H19NO5/c1-14(2,3)7-8-20-13(16)10-5-6-12(19-4)11(9-10)15(17)18/h5-6,9H,7-8H2,1-4H3. The highest BCUT2D eigenvalue weighted by molar-refractivity contribution is 5.90. The average molecular weight is 281 g/mol. The number of ether oxygens (including phenoxy) is 2. The van der Waals surface area contributed by atoms with E-state index in [9.17, 15) is 14.9 Å². The summed E-state index contributed by atoms with van der Waals surface area (Å²) < 4.78 is 9.98. The van der Waals surface area contributed by atoms with Gasteiger partial charge in [-0.25, -0.2) is 4.79 Å². The zero-order valence-corrected chi connectivity index (χ0v) is 12.1. The fraction of sp³-hybridized carbons (Fsp3) is 0.500. The summed E-state index contributed by atoms with van der Waals surface area (Å²) in [5.41, 5.74) is -0.0455. The van der Waals surface area contributed by atoms with Gasteiger partial charge >= 0.3 is 11.7 Å². The number of hydrogen-bond acceptors (Lipinski definition) is 5. The van der Waals surface area contributed by atoms with Crippen LogP contribution >= 0.6 is 0 Å². The first kappa shape index (κ1) is 15.9. The molecule has 110 valence electrons. The summed E-state index contributed by atoms with van der Waals surface area (Å²) >= 11 is 0. The number of esters is 1. The first-order chi connectivity index (χ1) is 9.24. The Kier molecular flexibility index (Phi) is 5.07. The van der Waals surface area contributed by atoms with Crippen molar-refractivity contribution in [2.24, 2.45) is 5.41 Å². The van der Waals surface area contributed by atoms with Gasteiger partial charge in [0.2, 0.25) is 0 Å². The maximum absolute atomic E-state index is 11.8. The van der Waals surface area contributed by atoms with E-state index in [-0.39, 0.29) is 29.0 Å². The van der Waals surface area contributed by atoms with Gasteiger partial charge in [-0.3, -0.25) is 10.1 Å². The predicted molar refractivity (Wildman–Crippen MR) is 74.0 cm³/mol. The Morgan fingerprint density at radius 3 is 2.50 bits per heavy atom. The van der Waals surface area contributed by atoms with Crippen molar-refractivity contribution in [3.05, 3.63) is 33.9 Å². The Balaban J connectivity index is 2.79. The van der Waals surface area contributed by atoms with Gasteiger partial charge in [0.1, 0.15) is 0 Å². The lowest BCUT2D eigenvalue weighted by Gasteiger charge is -2.17. The Morgan fingerprint density at radius 2 is 2.00 bits per heavy atom. The predicted octanol–water partition coefficient (Wildman–Crippen LogP) is 3.20. The molecule has 6 nitrogen and oxygen atoms in total. The number of nitro benzene ring substituents is 1. The Hall–Kier alpha value is -2.11. The molecule has 0 aliphatic rings. The fourth-order valence-electron chi connectivity index (χ4n) is 1.49. The number of methoxy groups -OCH3 is 1. The lowest BCUT2D eigenvalue weighted by atomic mass is 9.93. The second-order valence-corrected chi connectivity index (χ2v) is 5.59. The molecule has 0 saturated carbocycles. The molecule has 0 fully saturated rings. The fourth-order valence-corrected chi connectivity index (χ4v) is 1.49. The molecule has 0 bridgehead atoms. The van der Waals surface area contributed by atoms with E-state index < -0.39 is 10.9 Å². The smallest absolute Gasteiger partial charge is 0.338 e. The lowest BCUT2D eigenvalue weighted by Crippen LogP contribution is -2.13. The minimum atomic E-state index is -0.592. The van der Waals surface area contributed by atoms with E-state index in [1.165, 1.54) is 19.2 Å². The van der Waals surface area contributed by atoms with Gasteiger partial charge in [0.25, 0.3) is 0 Å². The minimum absolute atomic E-state index is 0.0617. The third-order valence-corrected chi connectivity index (χ3v) is 2.70. The number of hydrogen-bond donors (Lipinski definition) is 0. The van der Waals surface area contributed by atoms with Gasteiger partial charge in [0, 0.05) is 6.07 Å². The van der Waals surface area contributed by atoms with Gasteiger partial charge in [-0.05, 0) is 24.0 Å². The van der Waals surface area contributed by atoms with Crippen LogP contribution in [0.1, 0.15) is 37.6 Å². The van der Waals surface area contributed by atoms with Crippen molar-refractivity contribution in [3.8, 4) is 5.75 Å². The molecule has 0 atom stereocenters. The van der Waals surface area contributed by atoms with Gasteiger partial charge in [0.15, 0.2) is 5.75 Å². The van der Waals surface area contributed by atoms with E-state index in [1.807, 2.05) is 20.8 Å². The van der Waals surface area contributed by atoms with Gasteiger partial charge in [0.05, 0.1) is 24.2 Å². The molecule has 0 N–H and O–H groups in total. The normalized spacial score (nSPS) is 11.0. The van der Waals surface area contributed by atoms with Gasteiger partial charge in [-0.1, -0.05) is 20.8 Å². The number of carbonyl (C=O) groups excluding carboxylic acids is 1. The summed E-state index contributed by atoms with van der Waals surface area (Å²) in [6, 6.07) is 4.00. The monoisotopic (exact) mass is 281 g/mol. The summed E-state index contributed by atoms with van der Waals surface area (Å²) in [4.78, 5) is 22.1. The molecule has 6 heteroatoms. The quantitative estimate of drug-likeness (QED) is 0.470. The van der Waals surface area contributed by atoms with Crippen LogP contribution in [0.15, 0.2) is 18.2 Å². The van der Waals surface area contributed by atoms with Crippen LogP contribution in [0.2, 0.25) is 0 Å². The molecule has 0 radical (unpaired) electrons. The first-order valence-electron chi connectivity index (χ1n) is 6.24. The van der Waals surface area contributed by atoms with Gasteiger partial charge in [-0.2, -0.15) is 0 Å². The topological polar surface area (TPSA) is 78.7 Å². The molecule has 0 aliphatic carbocycles. The maximum atomic E-state index is 11.8. The van der Waals surface area contributed by atoms with Crippen LogP contribution < -0.4 is 4.74 Å². The lowest BCUT2D eigenvalue weighted by molar-refractivity contribution is -0.385. The van der Waals surface area contributed by atoms with E-state index >= 15 is 0 Å². The van der Waals surface area contributed by atoms with E-state index in [1.54, 1.807) is 0 Å². The van der Waals surface area contributed by atoms with Crippen molar-refractivity contribution in [1.29, 1.82) is 0 Å². The van der Waals surface area contributed by atoms with E-state index in [2.05, 4.69) is 0 Å². The highest BCUT2D eigenvalue weighted by atomic mass is 16.6. The van der Waals surface area contributed by atoms with Gasteiger partial charge < -0.3 is 9.47 Å². The molecule has 0 aromatic heterocycles. The van der Waals surface area contributed by atoms with Crippen molar-refractivity contribution in [1.82, 2.24) is 0 Å². The molecule has 0 saturated heterocycles.